The van der Waals surface area contributed by atoms with Gasteiger partial charge in [0, 0.05) is 60.7 Å². The van der Waals surface area contributed by atoms with E-state index < -0.39 is 30.1 Å². The Labute approximate surface area is 605 Å². The van der Waals surface area contributed by atoms with Gasteiger partial charge in [-0.25, -0.2) is 25.3 Å². The Kier molecular flexibility index (Phi) is 26.5. The van der Waals surface area contributed by atoms with Gasteiger partial charge in [0.25, 0.3) is 0 Å². The largest absolute Gasteiger partial charge is 0.487 e. The van der Waals surface area contributed by atoms with Crippen molar-refractivity contribution in [2.24, 2.45) is 0 Å². The Bertz CT molecular complexity index is 4840. The lowest BCUT2D eigenvalue weighted by atomic mass is 10.0. The van der Waals surface area contributed by atoms with Crippen LogP contribution in [0.5, 0.6) is 28.7 Å². The van der Waals surface area contributed by atoms with Crippen LogP contribution in [0.15, 0.2) is 176 Å². The standard InChI is InChI=1S/C26H27NO6S.C26H29NO6S.C25H26INO5S/c1-17-5-6-18(2)21(11-17)15-31-25-13-19(7-9-22(25)27(3)34(4,29)30)12-23(28)20-8-10-24-26(14-20)33-16-32-24;1-18-4-8-22(16-29)23(12-18)17-33-26-14-20(7-11-24(26)27(2)34(3,31)32)13-25(30)21-9-5-19(15-28)6-10-21;1-17-4-6-20(15-28)21(12-17)16-32-25-14-18(5-11-23(25)27(2)33(3,30)31)13-24(29)19-7-9-22(26)10-8-19/h5-11,13-14H,12,15-16H2,1-4H3;4-12,14,28-29H,13,15-17H2,1-3H3;4-12,14,28H,13,15-16H2,1-3H3. The molecule has 1 aliphatic heterocycles. The first kappa shape index (κ1) is 77.6. The molecule has 0 bridgehead atoms. The molecule has 0 amide bonds. The van der Waals surface area contributed by atoms with Crippen molar-refractivity contribution >= 4 is 87.1 Å². The van der Waals surface area contributed by atoms with Crippen LogP contribution in [0.1, 0.15) is 103 Å². The van der Waals surface area contributed by atoms with Crippen LogP contribution >= 0.6 is 22.6 Å². The second-order valence-corrected chi connectivity index (χ2v) is 31.8. The number of aliphatic hydroxyl groups is 3. The van der Waals surface area contributed by atoms with E-state index in [1.54, 1.807) is 109 Å². The van der Waals surface area contributed by atoms with Gasteiger partial charge in [0.15, 0.2) is 28.8 Å². The summed E-state index contributed by atoms with van der Waals surface area (Å²) in [4.78, 5) is 38.4. The van der Waals surface area contributed by atoms with Gasteiger partial charge in [-0.3, -0.25) is 27.3 Å². The number of aryl methyl sites for hydroxylation is 4. The topological polar surface area (TPSA) is 270 Å². The van der Waals surface area contributed by atoms with E-state index in [9.17, 15) is 55.0 Å². The van der Waals surface area contributed by atoms with Gasteiger partial charge >= 0.3 is 0 Å². The van der Waals surface area contributed by atoms with Crippen LogP contribution in [0, 0.1) is 31.3 Å². The molecule has 101 heavy (non-hydrogen) atoms. The third-order valence-electron chi connectivity index (χ3n) is 16.7. The van der Waals surface area contributed by atoms with E-state index in [1.807, 2.05) is 94.4 Å². The highest BCUT2D eigenvalue weighted by Gasteiger charge is 2.24. The van der Waals surface area contributed by atoms with Crippen molar-refractivity contribution in [1.29, 1.82) is 0 Å². The zero-order chi connectivity index (χ0) is 73.5. The summed E-state index contributed by atoms with van der Waals surface area (Å²) >= 11 is 2.19. The highest BCUT2D eigenvalue weighted by Crippen LogP contribution is 2.37. The van der Waals surface area contributed by atoms with Gasteiger partial charge in [0.05, 0.1) is 55.7 Å². The summed E-state index contributed by atoms with van der Waals surface area (Å²) in [7, 11) is -6.18. The van der Waals surface area contributed by atoms with Crippen LogP contribution in [-0.4, -0.2) is 105 Å². The average molecular weight is 1540 g/mol. The Morgan fingerprint density at radius 2 is 0.743 bits per heavy atom. The molecule has 10 rings (SSSR count). The third-order valence-corrected chi connectivity index (χ3v) is 21.0. The van der Waals surface area contributed by atoms with Crippen molar-refractivity contribution in [3.05, 3.63) is 269 Å². The first-order chi connectivity index (χ1) is 47.8. The van der Waals surface area contributed by atoms with Crippen LogP contribution < -0.4 is 36.6 Å². The molecule has 1 heterocycles. The number of halogens is 1. The first-order valence-corrected chi connectivity index (χ1v) is 38.4. The highest BCUT2D eigenvalue weighted by molar-refractivity contribution is 14.1. The molecule has 0 aromatic heterocycles. The fourth-order valence-electron chi connectivity index (χ4n) is 10.5. The van der Waals surface area contributed by atoms with Gasteiger partial charge < -0.3 is 39.0 Å². The van der Waals surface area contributed by atoms with Crippen LogP contribution in [0.4, 0.5) is 17.1 Å². The number of hydrogen-bond donors (Lipinski definition) is 3. The molecule has 0 aliphatic carbocycles. The summed E-state index contributed by atoms with van der Waals surface area (Å²) in [6, 6.07) is 51.8. The molecule has 0 saturated heterocycles. The molecule has 24 heteroatoms. The van der Waals surface area contributed by atoms with Gasteiger partial charge in [0.1, 0.15) is 37.1 Å². The van der Waals surface area contributed by atoms with Crippen molar-refractivity contribution < 1.29 is 78.6 Å². The number of aliphatic hydroxyl groups excluding tert-OH is 3. The van der Waals surface area contributed by atoms with Gasteiger partial charge in [-0.15, -0.1) is 0 Å². The van der Waals surface area contributed by atoms with Crippen molar-refractivity contribution in [1.82, 2.24) is 0 Å². The number of benzene rings is 9. The number of ether oxygens (including phenoxy) is 5. The quantitative estimate of drug-likeness (QED) is 0.0319. The minimum Gasteiger partial charge on any atom is -0.487 e. The van der Waals surface area contributed by atoms with Gasteiger partial charge in [-0.2, -0.15) is 0 Å². The smallest absolute Gasteiger partial charge is 0.232 e. The van der Waals surface area contributed by atoms with Gasteiger partial charge in [-0.05, 0) is 173 Å². The van der Waals surface area contributed by atoms with E-state index in [-0.39, 0.29) is 83.0 Å². The molecular formula is C77H82IN3O17S3. The summed E-state index contributed by atoms with van der Waals surface area (Å²) in [6.07, 6.45) is 3.75. The average Bonchev–Trinajstić information content (AvgIpc) is 0.832. The number of ketones is 3. The molecule has 0 saturated carbocycles. The number of Topliss-reactive ketones (excluding diaryl/α,β-unsaturated/α-hetero) is 3. The molecule has 0 fully saturated rings. The molecular weight excluding hydrogens is 1460 g/mol. The van der Waals surface area contributed by atoms with E-state index in [0.717, 1.165) is 86.6 Å². The Morgan fingerprint density at radius 1 is 0.396 bits per heavy atom. The van der Waals surface area contributed by atoms with Crippen LogP contribution in [0.3, 0.4) is 0 Å². The molecule has 0 unspecified atom stereocenters. The summed E-state index contributed by atoms with van der Waals surface area (Å²) in [5.74, 6) is 1.98. The number of carbonyl (C=O) groups is 3. The van der Waals surface area contributed by atoms with E-state index in [4.69, 9.17) is 23.7 Å². The lowest BCUT2D eigenvalue weighted by Gasteiger charge is -2.21. The summed E-state index contributed by atoms with van der Waals surface area (Å²) in [5, 5.41) is 28.5. The summed E-state index contributed by atoms with van der Waals surface area (Å²) in [6.45, 7) is 8.23. The minimum absolute atomic E-state index is 0.0391. The fraction of sp³-hybridized carbons (Fsp3) is 0.260. The third kappa shape index (κ3) is 21.5. The Balaban J connectivity index is 0.000000193. The maximum Gasteiger partial charge on any atom is 0.232 e. The Morgan fingerprint density at radius 3 is 1.14 bits per heavy atom. The van der Waals surface area contributed by atoms with Gasteiger partial charge in [0.2, 0.25) is 36.9 Å². The van der Waals surface area contributed by atoms with Crippen molar-refractivity contribution in [2.75, 3.05) is 59.6 Å². The first-order valence-electron chi connectivity index (χ1n) is 31.8. The zero-order valence-electron chi connectivity index (χ0n) is 57.8. The molecule has 9 aromatic carbocycles. The number of rotatable bonds is 27. The lowest BCUT2D eigenvalue weighted by molar-refractivity contribution is 0.0984. The second-order valence-electron chi connectivity index (χ2n) is 24.5. The van der Waals surface area contributed by atoms with E-state index in [1.165, 1.54) is 25.4 Å². The zero-order valence-corrected chi connectivity index (χ0v) is 62.4. The van der Waals surface area contributed by atoms with Gasteiger partial charge in [-0.1, -0.05) is 126 Å². The number of nitrogens with zero attached hydrogens (tertiary/aromatic N) is 3. The number of anilines is 3. The predicted octanol–water partition coefficient (Wildman–Crippen LogP) is 12.3. The van der Waals surface area contributed by atoms with Crippen molar-refractivity contribution in [3.63, 3.8) is 0 Å². The number of sulfonamides is 3. The van der Waals surface area contributed by atoms with E-state index >= 15 is 0 Å². The normalized spacial score (nSPS) is 11.7. The van der Waals surface area contributed by atoms with Crippen molar-refractivity contribution in [2.45, 2.75) is 86.6 Å². The van der Waals surface area contributed by atoms with E-state index in [0.29, 0.717) is 79.2 Å². The summed E-state index contributed by atoms with van der Waals surface area (Å²) in [5.41, 5.74) is 13.9. The number of hydrogen-bond acceptors (Lipinski definition) is 17. The fourth-order valence-corrected chi connectivity index (χ4v) is 12.4. The molecule has 9 aromatic rings. The molecule has 0 radical (unpaired) electrons. The molecule has 532 valence electrons. The van der Waals surface area contributed by atoms with Crippen LogP contribution in [0.25, 0.3) is 0 Å². The molecule has 0 spiro atoms. The SMILES string of the molecule is Cc1ccc(C)c(COc2cc(CC(=O)c3ccc4c(c3)OCO4)ccc2N(C)S(C)(=O)=O)c1.Cc1ccc(CO)c(COc2cc(CC(=O)c3ccc(CO)cc3)ccc2N(C)S(C)(=O)=O)c1.Cc1ccc(CO)c(COc2cc(CC(=O)c3ccc(I)cc3)ccc2N(C)S(C)(=O)=O)c1. The van der Waals surface area contributed by atoms with Crippen LogP contribution in [-0.2, 0) is 89.0 Å². The Hall–Kier alpha value is -9.15. The van der Waals surface area contributed by atoms with Crippen LogP contribution in [0.2, 0.25) is 0 Å². The summed E-state index contributed by atoms with van der Waals surface area (Å²) < 4.78 is 106. The lowest BCUT2D eigenvalue weighted by Crippen LogP contribution is -2.25. The minimum atomic E-state index is -3.54. The molecule has 0 atom stereocenters. The number of fused-ring (bicyclic) bond motifs is 1. The maximum absolute atomic E-state index is 12.9. The maximum atomic E-state index is 12.9. The molecule has 3 N–H and O–H groups in total. The van der Waals surface area contributed by atoms with Crippen molar-refractivity contribution in [3.8, 4) is 28.7 Å². The second kappa shape index (κ2) is 34.5. The monoisotopic (exact) mass is 1540 g/mol. The highest BCUT2D eigenvalue weighted by atomic mass is 127. The number of carbonyl (C=O) groups excluding carboxylic acids is 3. The van der Waals surface area contributed by atoms with E-state index in [2.05, 4.69) is 22.6 Å². The predicted molar refractivity (Wildman–Crippen MR) is 400 cm³/mol. The molecule has 20 nitrogen and oxygen atoms in total. The molecule has 1 aliphatic rings.